The number of halogens is 1. The predicted octanol–water partition coefficient (Wildman–Crippen LogP) is 3.83. The Morgan fingerprint density at radius 2 is 1.73 bits per heavy atom. The molecular formula is C22H18FN5O2. The average Bonchev–Trinajstić information content (AvgIpc) is 3.29. The molecule has 8 heteroatoms. The summed E-state index contributed by atoms with van der Waals surface area (Å²) < 4.78 is 20.2. The van der Waals surface area contributed by atoms with Gasteiger partial charge in [0.25, 0.3) is 5.91 Å². The Balaban J connectivity index is 1.35. The molecule has 0 bridgehead atoms. The highest BCUT2D eigenvalue weighted by molar-refractivity contribution is 5.94. The van der Waals surface area contributed by atoms with Crippen LogP contribution < -0.4 is 10.1 Å². The minimum atomic E-state index is -0.311. The third kappa shape index (κ3) is 4.49. The van der Waals surface area contributed by atoms with Gasteiger partial charge in [-0.25, -0.2) is 9.07 Å². The number of nitrogens with one attached hydrogen (secondary N) is 1. The van der Waals surface area contributed by atoms with Gasteiger partial charge in [-0.15, -0.1) is 5.10 Å². The number of tetrazole rings is 1. The van der Waals surface area contributed by atoms with Crippen molar-refractivity contribution < 1.29 is 13.9 Å². The van der Waals surface area contributed by atoms with Gasteiger partial charge in [-0.1, -0.05) is 12.1 Å². The number of aromatic nitrogens is 4. The zero-order valence-electron chi connectivity index (χ0n) is 16.1. The van der Waals surface area contributed by atoms with Gasteiger partial charge in [0.2, 0.25) is 0 Å². The van der Waals surface area contributed by atoms with Crippen LogP contribution in [0.15, 0.2) is 73.1 Å². The lowest BCUT2D eigenvalue weighted by atomic mass is 10.1. The van der Waals surface area contributed by atoms with Gasteiger partial charge in [-0.2, -0.15) is 0 Å². The minimum absolute atomic E-state index is 0.173. The summed E-state index contributed by atoms with van der Waals surface area (Å²) in [6.07, 6.45) is 1.51. The van der Waals surface area contributed by atoms with E-state index >= 15 is 0 Å². The number of hydrogen-bond acceptors (Lipinski definition) is 5. The van der Waals surface area contributed by atoms with Gasteiger partial charge in [-0.3, -0.25) is 4.79 Å². The van der Waals surface area contributed by atoms with Crippen molar-refractivity contribution in [1.82, 2.24) is 25.5 Å². The van der Waals surface area contributed by atoms with E-state index in [1.54, 1.807) is 41.1 Å². The number of amides is 1. The lowest BCUT2D eigenvalue weighted by molar-refractivity contribution is 0.0951. The van der Waals surface area contributed by atoms with Gasteiger partial charge < -0.3 is 10.1 Å². The molecule has 0 aliphatic rings. The summed E-state index contributed by atoms with van der Waals surface area (Å²) in [4.78, 5) is 12.5. The minimum Gasteiger partial charge on any atom is -0.457 e. The second kappa shape index (κ2) is 8.52. The Labute approximate surface area is 172 Å². The Morgan fingerprint density at radius 1 is 1.03 bits per heavy atom. The molecule has 1 amide bonds. The largest absolute Gasteiger partial charge is 0.457 e. The molecule has 3 aromatic carbocycles. The van der Waals surface area contributed by atoms with Crippen LogP contribution in [0.25, 0.3) is 5.69 Å². The van der Waals surface area contributed by atoms with Crippen LogP contribution in [0.2, 0.25) is 0 Å². The second-order valence-corrected chi connectivity index (χ2v) is 6.64. The van der Waals surface area contributed by atoms with Crippen LogP contribution >= 0.6 is 0 Å². The molecule has 0 fully saturated rings. The topological polar surface area (TPSA) is 81.9 Å². The summed E-state index contributed by atoms with van der Waals surface area (Å²) in [6.45, 7) is 2.27. The highest BCUT2D eigenvalue weighted by Crippen LogP contribution is 2.22. The lowest BCUT2D eigenvalue weighted by Gasteiger charge is -2.10. The molecule has 4 rings (SSSR count). The van der Waals surface area contributed by atoms with Gasteiger partial charge in [0.1, 0.15) is 23.6 Å². The molecule has 0 spiro atoms. The number of aryl methyl sites for hydroxylation is 1. The maximum absolute atomic E-state index is 13.0. The van der Waals surface area contributed by atoms with Gasteiger partial charge in [-0.05, 0) is 83.1 Å². The molecule has 1 heterocycles. The first-order chi connectivity index (χ1) is 14.6. The van der Waals surface area contributed by atoms with Crippen molar-refractivity contribution in [2.75, 3.05) is 0 Å². The first-order valence-corrected chi connectivity index (χ1v) is 9.23. The van der Waals surface area contributed by atoms with Crippen LogP contribution in [0.4, 0.5) is 4.39 Å². The van der Waals surface area contributed by atoms with Crippen LogP contribution in [-0.4, -0.2) is 26.1 Å². The average molecular weight is 403 g/mol. The number of hydrogen-bond donors (Lipinski definition) is 1. The smallest absolute Gasteiger partial charge is 0.251 e. The molecule has 0 saturated heterocycles. The number of benzene rings is 3. The molecule has 4 aromatic rings. The van der Waals surface area contributed by atoms with Crippen LogP contribution in [-0.2, 0) is 6.54 Å². The summed E-state index contributed by atoms with van der Waals surface area (Å²) >= 11 is 0. The molecule has 150 valence electrons. The van der Waals surface area contributed by atoms with E-state index in [4.69, 9.17) is 4.74 Å². The van der Waals surface area contributed by atoms with Crippen LogP contribution in [0, 0.1) is 12.7 Å². The standard InChI is InChI=1S/C22H18FN5O2/c1-15-12-17(4-11-21(15)28-14-25-26-27-28)22(29)24-13-16-2-7-19(8-3-16)30-20-9-5-18(23)6-10-20/h2-12,14H,13H2,1H3,(H,24,29). The van der Waals surface area contributed by atoms with Crippen LogP contribution in [0.3, 0.4) is 0 Å². The molecule has 0 atom stereocenters. The van der Waals surface area contributed by atoms with E-state index in [9.17, 15) is 9.18 Å². The summed E-state index contributed by atoms with van der Waals surface area (Å²) in [7, 11) is 0. The van der Waals surface area contributed by atoms with E-state index < -0.39 is 0 Å². The number of ether oxygens (including phenoxy) is 1. The van der Waals surface area contributed by atoms with E-state index in [-0.39, 0.29) is 11.7 Å². The molecule has 0 saturated carbocycles. The molecule has 1 N–H and O–H groups in total. The molecule has 0 unspecified atom stereocenters. The zero-order valence-corrected chi connectivity index (χ0v) is 16.1. The van der Waals surface area contributed by atoms with Gasteiger partial charge in [0.05, 0.1) is 5.69 Å². The maximum atomic E-state index is 13.0. The van der Waals surface area contributed by atoms with E-state index in [0.717, 1.165) is 16.8 Å². The molecule has 0 radical (unpaired) electrons. The fourth-order valence-electron chi connectivity index (χ4n) is 2.92. The lowest BCUT2D eigenvalue weighted by Crippen LogP contribution is -2.23. The first-order valence-electron chi connectivity index (χ1n) is 9.23. The second-order valence-electron chi connectivity index (χ2n) is 6.64. The van der Waals surface area contributed by atoms with Crippen molar-refractivity contribution in [1.29, 1.82) is 0 Å². The molecule has 30 heavy (non-hydrogen) atoms. The summed E-state index contributed by atoms with van der Waals surface area (Å²) in [6, 6.07) is 18.5. The molecule has 0 aliphatic heterocycles. The number of carbonyl (C=O) groups excluding carboxylic acids is 1. The van der Waals surface area contributed by atoms with Crippen molar-refractivity contribution in [2.24, 2.45) is 0 Å². The zero-order chi connectivity index (χ0) is 20.9. The Hall–Kier alpha value is -4.07. The van der Waals surface area contributed by atoms with Gasteiger partial charge in [0, 0.05) is 12.1 Å². The molecular weight excluding hydrogens is 385 g/mol. The number of rotatable bonds is 6. The van der Waals surface area contributed by atoms with E-state index in [1.165, 1.54) is 18.5 Å². The predicted molar refractivity (Wildman–Crippen MR) is 108 cm³/mol. The summed E-state index contributed by atoms with van der Waals surface area (Å²) in [5.74, 6) is 0.699. The third-order valence-electron chi connectivity index (χ3n) is 4.48. The van der Waals surface area contributed by atoms with Gasteiger partial charge >= 0.3 is 0 Å². The van der Waals surface area contributed by atoms with Crippen LogP contribution in [0.5, 0.6) is 11.5 Å². The van der Waals surface area contributed by atoms with Crippen molar-refractivity contribution >= 4 is 5.91 Å². The van der Waals surface area contributed by atoms with Crippen LogP contribution in [0.1, 0.15) is 21.5 Å². The normalized spacial score (nSPS) is 10.6. The highest BCUT2D eigenvalue weighted by atomic mass is 19.1. The molecule has 7 nitrogen and oxygen atoms in total. The fraction of sp³-hybridized carbons (Fsp3) is 0.0909. The van der Waals surface area contributed by atoms with Crippen molar-refractivity contribution in [3.63, 3.8) is 0 Å². The van der Waals surface area contributed by atoms with Crippen molar-refractivity contribution in [2.45, 2.75) is 13.5 Å². The Bertz CT molecular complexity index is 1140. The highest BCUT2D eigenvalue weighted by Gasteiger charge is 2.09. The summed E-state index contributed by atoms with van der Waals surface area (Å²) in [5.41, 5.74) is 3.18. The first kappa shape index (κ1) is 19.3. The van der Waals surface area contributed by atoms with Gasteiger partial charge in [0.15, 0.2) is 0 Å². The summed E-state index contributed by atoms with van der Waals surface area (Å²) in [5, 5.41) is 14.0. The monoisotopic (exact) mass is 403 g/mol. The Morgan fingerprint density at radius 3 is 2.37 bits per heavy atom. The number of nitrogens with zero attached hydrogens (tertiary/aromatic N) is 4. The molecule has 0 aliphatic carbocycles. The Kier molecular flexibility index (Phi) is 5.47. The SMILES string of the molecule is Cc1cc(C(=O)NCc2ccc(Oc3ccc(F)cc3)cc2)ccc1-n1cnnn1. The quantitative estimate of drug-likeness (QED) is 0.529. The number of carbonyl (C=O) groups is 1. The van der Waals surface area contributed by atoms with Crippen molar-refractivity contribution in [3.8, 4) is 17.2 Å². The van der Waals surface area contributed by atoms with E-state index in [2.05, 4.69) is 20.8 Å². The molecule has 1 aromatic heterocycles. The van der Waals surface area contributed by atoms with E-state index in [0.29, 0.717) is 23.6 Å². The third-order valence-corrected chi connectivity index (χ3v) is 4.48. The fourth-order valence-corrected chi connectivity index (χ4v) is 2.92. The van der Waals surface area contributed by atoms with Crippen molar-refractivity contribution in [3.05, 3.63) is 95.6 Å². The maximum Gasteiger partial charge on any atom is 0.251 e. The van der Waals surface area contributed by atoms with E-state index in [1.807, 2.05) is 25.1 Å².